The van der Waals surface area contributed by atoms with Gasteiger partial charge in [-0.3, -0.25) is 0 Å². The van der Waals surface area contributed by atoms with Crippen molar-refractivity contribution in [3.05, 3.63) is 25.7 Å². The number of ether oxygens (including phenoxy) is 6. The largest absolute Gasteiger partial charge is 0.502 e. The number of amides is 4. The molecule has 0 rings (SSSR count). The second kappa shape index (κ2) is 36.0. The maximum atomic E-state index is 11.8. The Hall–Kier alpha value is -3.84. The van der Waals surface area contributed by atoms with Gasteiger partial charge < -0.3 is 49.7 Å². The van der Waals surface area contributed by atoms with E-state index in [1.54, 1.807) is 0 Å². The molecule has 0 atom stereocenters. The summed E-state index contributed by atoms with van der Waals surface area (Å²) in [6, 6.07) is 0. The predicted molar refractivity (Wildman–Crippen MR) is 184 cm³/mol. The number of hydrogen-bond donors (Lipinski definition) is 4. The van der Waals surface area contributed by atoms with Gasteiger partial charge in [-0.2, -0.15) is 0 Å². The number of carbonyl (C=O) groups excluding carboxylic acids is 4. The zero-order valence-corrected chi connectivity index (χ0v) is 29.0. The molecule has 14 nitrogen and oxygen atoms in total. The van der Waals surface area contributed by atoms with Crippen LogP contribution in [0.2, 0.25) is 0 Å². The van der Waals surface area contributed by atoms with Gasteiger partial charge in [0.05, 0.1) is 52.2 Å². The monoisotopic (exact) mass is 686 g/mol. The number of nitrogens with one attached hydrogen (secondary N) is 4. The highest BCUT2D eigenvalue weighted by molar-refractivity contribution is 5.68. The first-order valence-corrected chi connectivity index (χ1v) is 17.6. The molecule has 0 aliphatic rings. The van der Waals surface area contributed by atoms with Gasteiger partial charge in [-0.05, 0) is 77.0 Å². The summed E-state index contributed by atoms with van der Waals surface area (Å²) in [7, 11) is 0. The second-order valence-electron chi connectivity index (χ2n) is 11.0. The van der Waals surface area contributed by atoms with Crippen LogP contribution in [0.5, 0.6) is 0 Å². The Bertz CT molecular complexity index is 766. The Kier molecular flexibility index (Phi) is 33.1. The van der Waals surface area contributed by atoms with Gasteiger partial charge in [-0.25, -0.2) is 19.2 Å². The minimum atomic E-state index is -0.412. The zero-order valence-electron chi connectivity index (χ0n) is 29.0. The Morgan fingerprint density at radius 2 is 0.583 bits per heavy atom. The standard InChI is InChI=1S/C34H62N4O10/c1-3-43-25-17-19-29-47-33(41)37-23-13-7-5-11-21-35-31(39)45-27-15-9-10-16-28-46-32(40)36-22-12-6-8-14-24-38-34(42)48-30-20-18-26-44-4-2/h3-4H,1-2,5-30H2,(H,35,39)(H,36,40)(H,37,41)(H,38,42). The first-order valence-electron chi connectivity index (χ1n) is 17.6. The topological polar surface area (TPSA) is 172 Å². The van der Waals surface area contributed by atoms with E-state index in [-0.39, 0.29) is 0 Å². The number of unbranched alkanes of at least 4 members (excludes halogenated alkanes) is 11. The summed E-state index contributed by atoms with van der Waals surface area (Å²) in [5.74, 6) is 0. The lowest BCUT2D eigenvalue weighted by Crippen LogP contribution is -2.26. The average molecular weight is 687 g/mol. The number of carbonyl (C=O) groups is 4. The lowest BCUT2D eigenvalue weighted by atomic mass is 10.2. The minimum absolute atomic E-state index is 0.352. The van der Waals surface area contributed by atoms with Crippen molar-refractivity contribution in [2.24, 2.45) is 0 Å². The van der Waals surface area contributed by atoms with E-state index in [1.807, 2.05) is 0 Å². The predicted octanol–water partition coefficient (Wildman–Crippen LogP) is 6.45. The van der Waals surface area contributed by atoms with Crippen molar-refractivity contribution >= 4 is 24.4 Å². The van der Waals surface area contributed by atoms with Gasteiger partial charge in [0.2, 0.25) is 0 Å². The van der Waals surface area contributed by atoms with Gasteiger partial charge in [-0.1, -0.05) is 38.8 Å². The number of alkyl carbamates (subject to hydrolysis) is 4. The molecule has 4 N–H and O–H groups in total. The van der Waals surface area contributed by atoms with Crippen LogP contribution < -0.4 is 21.3 Å². The maximum Gasteiger partial charge on any atom is 0.407 e. The average Bonchev–Trinajstić information content (AvgIpc) is 3.07. The van der Waals surface area contributed by atoms with Crippen LogP contribution in [-0.4, -0.2) is 90.2 Å². The van der Waals surface area contributed by atoms with E-state index in [0.717, 1.165) is 103 Å². The molecule has 48 heavy (non-hydrogen) atoms. The molecule has 4 amide bonds. The second-order valence-corrected chi connectivity index (χ2v) is 11.0. The summed E-state index contributed by atoms with van der Waals surface area (Å²) in [6.07, 6.45) is 14.7. The Balaban J connectivity index is 3.36. The van der Waals surface area contributed by atoms with Crippen molar-refractivity contribution in [1.29, 1.82) is 0 Å². The first-order chi connectivity index (χ1) is 23.5. The van der Waals surface area contributed by atoms with Gasteiger partial charge in [0.25, 0.3) is 0 Å². The first kappa shape index (κ1) is 44.2. The van der Waals surface area contributed by atoms with Crippen molar-refractivity contribution < 1.29 is 47.6 Å². The van der Waals surface area contributed by atoms with Crippen molar-refractivity contribution in [2.75, 3.05) is 65.8 Å². The van der Waals surface area contributed by atoms with Gasteiger partial charge >= 0.3 is 24.4 Å². The summed E-state index contributed by atoms with van der Waals surface area (Å²) < 4.78 is 30.6. The summed E-state index contributed by atoms with van der Waals surface area (Å²) in [5.41, 5.74) is 0. The van der Waals surface area contributed by atoms with Crippen molar-refractivity contribution in [1.82, 2.24) is 21.3 Å². The Labute approximate surface area is 287 Å². The van der Waals surface area contributed by atoms with Gasteiger partial charge in [0.1, 0.15) is 0 Å². The van der Waals surface area contributed by atoms with E-state index in [1.165, 1.54) is 12.5 Å². The molecule has 0 spiro atoms. The summed E-state index contributed by atoms with van der Waals surface area (Å²) in [4.78, 5) is 46.7. The van der Waals surface area contributed by atoms with E-state index in [2.05, 4.69) is 34.4 Å². The summed E-state index contributed by atoms with van der Waals surface area (Å²) >= 11 is 0. The molecule has 0 unspecified atom stereocenters. The van der Waals surface area contributed by atoms with Crippen molar-refractivity contribution in [3.8, 4) is 0 Å². The molecule has 0 radical (unpaired) electrons. The van der Waals surface area contributed by atoms with Crippen molar-refractivity contribution in [3.63, 3.8) is 0 Å². The molecular formula is C34H62N4O10. The molecule has 0 saturated carbocycles. The lowest BCUT2D eigenvalue weighted by molar-refractivity contribution is 0.138. The van der Waals surface area contributed by atoms with Gasteiger partial charge in [0.15, 0.2) is 0 Å². The zero-order chi connectivity index (χ0) is 35.2. The quantitative estimate of drug-likeness (QED) is 0.0341. The number of rotatable bonds is 33. The van der Waals surface area contributed by atoms with Gasteiger partial charge in [-0.15, -0.1) is 0 Å². The maximum absolute atomic E-state index is 11.8. The molecule has 278 valence electrons. The molecule has 0 heterocycles. The highest BCUT2D eigenvalue weighted by atomic mass is 16.6. The molecule has 14 heteroatoms. The molecule has 0 fully saturated rings. The Morgan fingerprint density at radius 1 is 0.354 bits per heavy atom. The molecule has 0 aromatic carbocycles. The van der Waals surface area contributed by atoms with Crippen LogP contribution in [0, 0.1) is 0 Å². The third-order valence-corrected chi connectivity index (χ3v) is 6.80. The smallest absolute Gasteiger partial charge is 0.407 e. The van der Waals surface area contributed by atoms with E-state index in [9.17, 15) is 19.2 Å². The fourth-order valence-electron chi connectivity index (χ4n) is 4.13. The normalized spacial score (nSPS) is 10.2. The van der Waals surface area contributed by atoms with Crippen LogP contribution >= 0.6 is 0 Å². The SMILES string of the molecule is C=COCCCCOC(=O)NCCCCCCNC(=O)OCCCCCCOC(=O)NCCCCCCNC(=O)OCCCCOC=C. The third-order valence-electron chi connectivity index (χ3n) is 6.80. The molecule has 0 aliphatic heterocycles. The highest BCUT2D eigenvalue weighted by Gasteiger charge is 2.05. The van der Waals surface area contributed by atoms with Crippen LogP contribution in [0.15, 0.2) is 25.7 Å². The lowest BCUT2D eigenvalue weighted by Gasteiger charge is -2.09. The van der Waals surface area contributed by atoms with Crippen LogP contribution in [-0.2, 0) is 28.4 Å². The molecule has 0 aromatic heterocycles. The molecule has 0 bridgehead atoms. The van der Waals surface area contributed by atoms with E-state index in [4.69, 9.17) is 28.4 Å². The Morgan fingerprint density at radius 3 is 0.854 bits per heavy atom. The van der Waals surface area contributed by atoms with Crippen LogP contribution in [0.1, 0.15) is 103 Å². The fourth-order valence-corrected chi connectivity index (χ4v) is 4.13. The molecule has 0 saturated heterocycles. The summed E-state index contributed by atoms with van der Waals surface area (Å²) in [5, 5.41) is 11.0. The summed E-state index contributed by atoms with van der Waals surface area (Å²) in [6.45, 7) is 11.7. The van der Waals surface area contributed by atoms with Crippen LogP contribution in [0.4, 0.5) is 19.2 Å². The molecule has 0 aromatic rings. The van der Waals surface area contributed by atoms with Gasteiger partial charge in [0, 0.05) is 26.2 Å². The minimum Gasteiger partial charge on any atom is -0.502 e. The van der Waals surface area contributed by atoms with E-state index in [0.29, 0.717) is 65.8 Å². The number of hydrogen-bond acceptors (Lipinski definition) is 10. The van der Waals surface area contributed by atoms with E-state index >= 15 is 0 Å². The van der Waals surface area contributed by atoms with Crippen molar-refractivity contribution in [2.45, 2.75) is 103 Å². The molecule has 0 aliphatic carbocycles. The highest BCUT2D eigenvalue weighted by Crippen LogP contribution is 2.03. The van der Waals surface area contributed by atoms with Crippen LogP contribution in [0.3, 0.4) is 0 Å². The molecular weight excluding hydrogens is 624 g/mol. The fraction of sp³-hybridized carbons (Fsp3) is 0.765. The van der Waals surface area contributed by atoms with E-state index < -0.39 is 24.4 Å². The third kappa shape index (κ3) is 35.0. The van der Waals surface area contributed by atoms with Crippen LogP contribution in [0.25, 0.3) is 0 Å².